The number of carbonyl (C=O) groups excluding carboxylic acids is 2. The Morgan fingerprint density at radius 2 is 1.88 bits per heavy atom. The predicted octanol–water partition coefficient (Wildman–Crippen LogP) is 3.83. The number of rotatable bonds is 5. The highest BCUT2D eigenvalue weighted by molar-refractivity contribution is 6.02. The number of aryl methyl sites for hydroxylation is 2. The van der Waals surface area contributed by atoms with E-state index in [2.05, 4.69) is 5.32 Å². The number of amides is 2. The molecule has 0 spiro atoms. The number of nitrogens with one attached hydrogen (secondary N) is 1. The lowest BCUT2D eigenvalue weighted by atomic mass is 10.0. The molecule has 25 heavy (non-hydrogen) atoms. The van der Waals surface area contributed by atoms with Crippen molar-refractivity contribution in [1.29, 1.82) is 0 Å². The largest absolute Gasteiger partial charge is 0.322 e. The van der Waals surface area contributed by atoms with Gasteiger partial charge in [0.2, 0.25) is 11.8 Å². The topological polar surface area (TPSA) is 49.4 Å². The van der Waals surface area contributed by atoms with Crippen LogP contribution in [-0.2, 0) is 16.0 Å². The van der Waals surface area contributed by atoms with Crippen molar-refractivity contribution >= 4 is 23.2 Å². The molecule has 0 aliphatic rings. The van der Waals surface area contributed by atoms with Crippen molar-refractivity contribution in [2.75, 3.05) is 16.8 Å². The second kappa shape index (κ2) is 7.88. The van der Waals surface area contributed by atoms with E-state index in [0.717, 1.165) is 23.3 Å². The summed E-state index contributed by atoms with van der Waals surface area (Å²) in [6, 6.07) is 8.54. The molecule has 0 aromatic heterocycles. The van der Waals surface area contributed by atoms with Gasteiger partial charge in [0.05, 0.1) is 11.4 Å². The lowest BCUT2D eigenvalue weighted by Crippen LogP contribution is -2.37. The van der Waals surface area contributed by atoms with E-state index in [4.69, 9.17) is 0 Å². The molecule has 132 valence electrons. The quantitative estimate of drug-likeness (QED) is 0.894. The van der Waals surface area contributed by atoms with Crippen molar-refractivity contribution in [2.24, 2.45) is 0 Å². The molecule has 2 rings (SSSR count). The number of benzene rings is 2. The van der Waals surface area contributed by atoms with Gasteiger partial charge < -0.3 is 10.2 Å². The number of hydrogen-bond acceptors (Lipinski definition) is 2. The zero-order chi connectivity index (χ0) is 18.6. The van der Waals surface area contributed by atoms with E-state index in [1.54, 1.807) is 0 Å². The van der Waals surface area contributed by atoms with Gasteiger partial charge in [-0.2, -0.15) is 0 Å². The summed E-state index contributed by atoms with van der Waals surface area (Å²) in [6.07, 6.45) is 0.703. The van der Waals surface area contributed by atoms with Gasteiger partial charge in [0.1, 0.15) is 18.2 Å². The molecule has 0 saturated heterocycles. The van der Waals surface area contributed by atoms with Crippen LogP contribution in [0.1, 0.15) is 25.0 Å². The number of nitrogens with zero attached hydrogens (tertiary/aromatic N) is 1. The number of carbonyl (C=O) groups is 2. The Bertz CT molecular complexity index is 806. The van der Waals surface area contributed by atoms with Crippen molar-refractivity contribution in [3.05, 3.63) is 59.2 Å². The predicted molar refractivity (Wildman–Crippen MR) is 93.6 cm³/mol. The molecule has 0 radical (unpaired) electrons. The first-order chi connectivity index (χ1) is 11.8. The average molecular weight is 346 g/mol. The van der Waals surface area contributed by atoms with Crippen LogP contribution in [0.3, 0.4) is 0 Å². The maximum Gasteiger partial charge on any atom is 0.244 e. The van der Waals surface area contributed by atoms with Crippen LogP contribution in [0.4, 0.5) is 20.2 Å². The van der Waals surface area contributed by atoms with Crippen LogP contribution in [0.15, 0.2) is 36.4 Å². The molecule has 0 saturated carbocycles. The van der Waals surface area contributed by atoms with E-state index in [1.807, 2.05) is 32.0 Å². The summed E-state index contributed by atoms with van der Waals surface area (Å²) in [6.45, 7) is 4.94. The van der Waals surface area contributed by atoms with Gasteiger partial charge in [-0.05, 0) is 36.6 Å². The minimum absolute atomic E-state index is 0.129. The lowest BCUT2D eigenvalue weighted by Gasteiger charge is -2.25. The Balaban J connectivity index is 2.25. The molecule has 2 amide bonds. The minimum atomic E-state index is -0.868. The molecular formula is C19H20F2N2O2. The van der Waals surface area contributed by atoms with Crippen molar-refractivity contribution in [3.8, 4) is 0 Å². The monoisotopic (exact) mass is 346 g/mol. The SMILES string of the molecule is CCc1cccc(C)c1N(CC(=O)Nc1ccc(F)cc1F)C(C)=O. The van der Waals surface area contributed by atoms with Gasteiger partial charge >= 0.3 is 0 Å². The van der Waals surface area contributed by atoms with Crippen LogP contribution < -0.4 is 10.2 Å². The molecule has 1 N–H and O–H groups in total. The van der Waals surface area contributed by atoms with E-state index in [9.17, 15) is 18.4 Å². The molecule has 2 aromatic rings. The fourth-order valence-corrected chi connectivity index (χ4v) is 2.66. The molecule has 0 atom stereocenters. The lowest BCUT2D eigenvalue weighted by molar-refractivity contribution is -0.120. The highest BCUT2D eigenvalue weighted by atomic mass is 19.1. The second-order valence-electron chi connectivity index (χ2n) is 5.71. The summed E-state index contributed by atoms with van der Waals surface area (Å²) < 4.78 is 26.6. The zero-order valence-corrected chi connectivity index (χ0v) is 14.4. The number of halogens is 2. The van der Waals surface area contributed by atoms with Crippen LogP contribution in [0.25, 0.3) is 0 Å². The third-order valence-corrected chi connectivity index (χ3v) is 3.86. The number of anilines is 2. The molecule has 0 fully saturated rings. The minimum Gasteiger partial charge on any atom is -0.322 e. The Hall–Kier alpha value is -2.76. The van der Waals surface area contributed by atoms with Crippen LogP contribution in [0, 0.1) is 18.6 Å². The molecule has 6 heteroatoms. The summed E-state index contributed by atoms with van der Waals surface area (Å²) in [4.78, 5) is 25.7. The molecular weight excluding hydrogens is 326 g/mol. The smallest absolute Gasteiger partial charge is 0.244 e. The van der Waals surface area contributed by atoms with Gasteiger partial charge in [-0.3, -0.25) is 9.59 Å². The Morgan fingerprint density at radius 3 is 2.48 bits per heavy atom. The Labute approximate surface area is 145 Å². The molecule has 4 nitrogen and oxygen atoms in total. The fraction of sp³-hybridized carbons (Fsp3) is 0.263. The first-order valence-corrected chi connectivity index (χ1v) is 7.95. The van der Waals surface area contributed by atoms with Crippen molar-refractivity contribution in [3.63, 3.8) is 0 Å². The standard InChI is InChI=1S/C19H20F2N2O2/c1-4-14-7-5-6-12(2)19(14)23(13(3)24)11-18(25)22-17-9-8-15(20)10-16(17)21/h5-10H,4,11H2,1-3H3,(H,22,25). The molecule has 0 aliphatic heterocycles. The Kier molecular flexibility index (Phi) is 5.85. The summed E-state index contributed by atoms with van der Waals surface area (Å²) in [5.41, 5.74) is 2.37. The van der Waals surface area contributed by atoms with Gasteiger partial charge in [0.25, 0.3) is 0 Å². The summed E-state index contributed by atoms with van der Waals surface area (Å²) in [7, 11) is 0. The molecule has 0 unspecified atom stereocenters. The van der Waals surface area contributed by atoms with Crippen LogP contribution in [0.5, 0.6) is 0 Å². The van der Waals surface area contributed by atoms with Crippen LogP contribution in [-0.4, -0.2) is 18.4 Å². The van der Waals surface area contributed by atoms with Crippen molar-refractivity contribution < 1.29 is 18.4 Å². The van der Waals surface area contributed by atoms with E-state index >= 15 is 0 Å². The first kappa shape index (κ1) is 18.6. The van der Waals surface area contributed by atoms with Gasteiger partial charge in [-0.1, -0.05) is 25.1 Å². The third kappa shape index (κ3) is 4.41. The van der Waals surface area contributed by atoms with Crippen LogP contribution in [0.2, 0.25) is 0 Å². The highest BCUT2D eigenvalue weighted by Crippen LogP contribution is 2.26. The van der Waals surface area contributed by atoms with Crippen molar-refractivity contribution in [2.45, 2.75) is 27.2 Å². The van der Waals surface area contributed by atoms with Gasteiger partial charge in [0.15, 0.2) is 0 Å². The molecule has 0 heterocycles. The number of para-hydroxylation sites is 1. The highest BCUT2D eigenvalue weighted by Gasteiger charge is 2.20. The second-order valence-corrected chi connectivity index (χ2v) is 5.71. The summed E-state index contributed by atoms with van der Waals surface area (Å²) >= 11 is 0. The van der Waals surface area contributed by atoms with Gasteiger partial charge in [0, 0.05) is 13.0 Å². The third-order valence-electron chi connectivity index (χ3n) is 3.86. The van der Waals surface area contributed by atoms with Gasteiger partial charge in [-0.25, -0.2) is 8.78 Å². The van der Waals surface area contributed by atoms with Gasteiger partial charge in [-0.15, -0.1) is 0 Å². The van der Waals surface area contributed by atoms with E-state index in [0.29, 0.717) is 18.2 Å². The van der Waals surface area contributed by atoms with E-state index in [-0.39, 0.29) is 18.1 Å². The first-order valence-electron chi connectivity index (χ1n) is 7.95. The fourth-order valence-electron chi connectivity index (χ4n) is 2.66. The molecule has 0 bridgehead atoms. The normalized spacial score (nSPS) is 10.4. The maximum absolute atomic E-state index is 13.7. The van der Waals surface area contributed by atoms with Crippen LogP contribution >= 0.6 is 0 Å². The zero-order valence-electron chi connectivity index (χ0n) is 14.4. The summed E-state index contributed by atoms with van der Waals surface area (Å²) in [5, 5.41) is 2.37. The van der Waals surface area contributed by atoms with E-state index < -0.39 is 17.5 Å². The molecule has 2 aromatic carbocycles. The van der Waals surface area contributed by atoms with E-state index in [1.165, 1.54) is 11.8 Å². The van der Waals surface area contributed by atoms with Crippen molar-refractivity contribution in [1.82, 2.24) is 0 Å². The molecule has 0 aliphatic carbocycles. The number of hydrogen-bond donors (Lipinski definition) is 1. The Morgan fingerprint density at radius 1 is 1.16 bits per heavy atom. The maximum atomic E-state index is 13.7. The average Bonchev–Trinajstić information content (AvgIpc) is 2.55. The summed E-state index contributed by atoms with van der Waals surface area (Å²) in [5.74, 6) is -2.45.